The maximum absolute atomic E-state index is 13.7. The summed E-state index contributed by atoms with van der Waals surface area (Å²) in [5.41, 5.74) is 0.386. The molecule has 0 radical (unpaired) electrons. The first kappa shape index (κ1) is 26.9. The summed E-state index contributed by atoms with van der Waals surface area (Å²) in [6.07, 6.45) is 1.74. The zero-order valence-electron chi connectivity index (χ0n) is 21.0. The van der Waals surface area contributed by atoms with Gasteiger partial charge < -0.3 is 14.5 Å². The molecule has 1 aromatic rings. The molecule has 0 spiro atoms. The molecule has 1 aromatic carbocycles. The molecule has 2 fully saturated rings. The molecule has 2 amide bonds. The molecule has 2 aliphatic rings. The second-order valence-electron chi connectivity index (χ2n) is 10.2. The van der Waals surface area contributed by atoms with Crippen LogP contribution in [0.2, 0.25) is 10.0 Å². The highest BCUT2D eigenvalue weighted by Gasteiger charge is 2.40. The smallest absolute Gasteiger partial charge is 0.411 e. The highest BCUT2D eigenvalue weighted by atomic mass is 35.5. The topological polar surface area (TPSA) is 56.3 Å². The van der Waals surface area contributed by atoms with Crippen molar-refractivity contribution in [1.29, 1.82) is 0 Å². The number of amides is 2. The maximum Gasteiger partial charge on any atom is 0.411 e. The number of anilines is 1. The second-order valence-corrected chi connectivity index (χ2v) is 11.0. The van der Waals surface area contributed by atoms with Crippen LogP contribution >= 0.6 is 23.2 Å². The Bertz CT molecular complexity index is 868. The lowest BCUT2D eigenvalue weighted by atomic mass is 10.1. The monoisotopic (exact) mass is 512 g/mol. The number of piperazine rings is 2. The minimum atomic E-state index is -0.608. The molecule has 0 aromatic heterocycles. The van der Waals surface area contributed by atoms with E-state index in [1.807, 2.05) is 37.8 Å². The number of hydrogen-bond donors (Lipinski definition) is 0. The summed E-state index contributed by atoms with van der Waals surface area (Å²) >= 11 is 12.2. The maximum atomic E-state index is 13.7. The van der Waals surface area contributed by atoms with Crippen LogP contribution in [0.25, 0.3) is 0 Å². The summed E-state index contributed by atoms with van der Waals surface area (Å²) < 4.78 is 5.65. The number of carbonyl (C=O) groups excluding carboxylic acids is 2. The molecule has 0 saturated carbocycles. The van der Waals surface area contributed by atoms with Crippen LogP contribution in [0.3, 0.4) is 0 Å². The number of carbonyl (C=O) groups is 2. The summed E-state index contributed by atoms with van der Waals surface area (Å²) in [5, 5.41) is 1.05. The molecule has 2 saturated heterocycles. The van der Waals surface area contributed by atoms with E-state index in [0.717, 1.165) is 25.1 Å². The Morgan fingerprint density at radius 2 is 1.74 bits per heavy atom. The van der Waals surface area contributed by atoms with Crippen molar-refractivity contribution in [1.82, 2.24) is 14.7 Å². The van der Waals surface area contributed by atoms with Crippen LogP contribution in [-0.2, 0) is 9.53 Å². The molecule has 9 heteroatoms. The number of ether oxygens (including phenoxy) is 1. The Hall–Kier alpha value is -1.70. The molecule has 2 atom stereocenters. The molecule has 3 rings (SSSR count). The van der Waals surface area contributed by atoms with Crippen LogP contribution in [0.4, 0.5) is 10.5 Å². The van der Waals surface area contributed by atoms with Crippen molar-refractivity contribution in [3.63, 3.8) is 0 Å². The van der Waals surface area contributed by atoms with Crippen molar-refractivity contribution in [3.8, 4) is 0 Å². The fourth-order valence-corrected chi connectivity index (χ4v) is 4.93. The van der Waals surface area contributed by atoms with E-state index in [0.29, 0.717) is 55.4 Å². The number of hydrogen-bond acceptors (Lipinski definition) is 5. The van der Waals surface area contributed by atoms with Crippen molar-refractivity contribution in [3.05, 3.63) is 28.2 Å². The number of nitrogens with zero attached hydrogens (tertiary/aromatic N) is 4. The van der Waals surface area contributed by atoms with Gasteiger partial charge in [-0.15, -0.1) is 0 Å². The lowest BCUT2D eigenvalue weighted by Gasteiger charge is -2.45. The first-order chi connectivity index (χ1) is 16.0. The normalized spacial score (nSPS) is 20.9. The third-order valence-electron chi connectivity index (χ3n) is 6.51. The van der Waals surface area contributed by atoms with E-state index in [1.54, 1.807) is 11.0 Å². The second kappa shape index (κ2) is 11.4. The lowest BCUT2D eigenvalue weighted by molar-refractivity contribution is -0.140. The third-order valence-corrected chi connectivity index (χ3v) is 7.25. The molecule has 2 heterocycles. The predicted molar refractivity (Wildman–Crippen MR) is 138 cm³/mol. The van der Waals surface area contributed by atoms with Crippen LogP contribution in [0, 0.1) is 0 Å². The highest BCUT2D eigenvalue weighted by molar-refractivity contribution is 6.42. The largest absolute Gasteiger partial charge is 0.444 e. The van der Waals surface area contributed by atoms with Gasteiger partial charge in [0.25, 0.3) is 0 Å². The summed E-state index contributed by atoms with van der Waals surface area (Å²) in [4.78, 5) is 34.7. The van der Waals surface area contributed by atoms with E-state index in [2.05, 4.69) is 23.6 Å². The van der Waals surface area contributed by atoms with Crippen molar-refractivity contribution in [2.75, 3.05) is 50.7 Å². The zero-order valence-corrected chi connectivity index (χ0v) is 22.5. The summed E-state index contributed by atoms with van der Waals surface area (Å²) in [7, 11) is 0. The van der Waals surface area contributed by atoms with Gasteiger partial charge in [-0.2, -0.15) is 0 Å². The van der Waals surface area contributed by atoms with Crippen molar-refractivity contribution >= 4 is 40.9 Å². The zero-order chi connectivity index (χ0) is 25.0. The fraction of sp³-hybridized carbons (Fsp3) is 0.680. The number of rotatable bonds is 5. The van der Waals surface area contributed by atoms with Gasteiger partial charge in [-0.25, -0.2) is 4.79 Å². The average Bonchev–Trinajstić information content (AvgIpc) is 2.79. The molecule has 190 valence electrons. The molecule has 1 unspecified atom stereocenters. The van der Waals surface area contributed by atoms with Crippen LogP contribution in [0.5, 0.6) is 0 Å². The molecule has 0 aliphatic carbocycles. The van der Waals surface area contributed by atoms with Crippen LogP contribution in [0.15, 0.2) is 18.2 Å². The molecular formula is C25H38Cl2N4O3. The van der Waals surface area contributed by atoms with Gasteiger partial charge in [0.15, 0.2) is 0 Å². The third kappa shape index (κ3) is 6.70. The minimum Gasteiger partial charge on any atom is -0.444 e. The van der Waals surface area contributed by atoms with Crippen LogP contribution in [0.1, 0.15) is 47.5 Å². The Balaban J connectivity index is 1.71. The highest BCUT2D eigenvalue weighted by Crippen LogP contribution is 2.28. The fourth-order valence-electron chi connectivity index (χ4n) is 4.63. The van der Waals surface area contributed by atoms with Crippen molar-refractivity contribution in [2.24, 2.45) is 0 Å². The standard InChI is InChI=1S/C25H38Cl2N4O3/c1-6-7-18(2)30-14-15-31(24(33)34-25(3,4)5)22(17-30)23(32)29-12-10-28(11-13-29)19-8-9-20(26)21(27)16-19/h8-9,16,18,22H,6-7,10-15,17H2,1-5H3/t18?,22-/m1/s1. The predicted octanol–water partition coefficient (Wildman–Crippen LogP) is 4.75. The molecule has 2 aliphatic heterocycles. The minimum absolute atomic E-state index is 0.00644. The van der Waals surface area contributed by atoms with E-state index >= 15 is 0 Å². The van der Waals surface area contributed by atoms with Crippen molar-refractivity contribution < 1.29 is 14.3 Å². The van der Waals surface area contributed by atoms with Crippen LogP contribution in [-0.4, -0.2) is 90.2 Å². The summed E-state index contributed by atoms with van der Waals surface area (Å²) in [5.74, 6) is -0.00644. The van der Waals surface area contributed by atoms with E-state index in [4.69, 9.17) is 27.9 Å². The number of halogens is 2. The summed E-state index contributed by atoms with van der Waals surface area (Å²) in [6, 6.07) is 5.43. The van der Waals surface area contributed by atoms with Gasteiger partial charge in [0.05, 0.1) is 10.0 Å². The van der Waals surface area contributed by atoms with E-state index in [9.17, 15) is 9.59 Å². The van der Waals surface area contributed by atoms with E-state index < -0.39 is 17.7 Å². The van der Waals surface area contributed by atoms with Crippen molar-refractivity contribution in [2.45, 2.75) is 65.1 Å². The Morgan fingerprint density at radius 3 is 2.32 bits per heavy atom. The van der Waals surface area contributed by atoms with Gasteiger partial charge in [-0.3, -0.25) is 14.6 Å². The SMILES string of the molecule is CCCC(C)N1CCN(C(=O)OC(C)(C)C)[C@@H](C(=O)N2CCN(c3ccc(Cl)c(Cl)c3)CC2)C1. The van der Waals surface area contributed by atoms with E-state index in [1.165, 1.54) is 0 Å². The molecule has 0 N–H and O–H groups in total. The number of benzene rings is 1. The average molecular weight is 514 g/mol. The van der Waals surface area contributed by atoms with Gasteiger partial charge in [0.2, 0.25) is 5.91 Å². The first-order valence-electron chi connectivity index (χ1n) is 12.2. The lowest BCUT2D eigenvalue weighted by Crippen LogP contribution is -2.64. The van der Waals surface area contributed by atoms with E-state index in [-0.39, 0.29) is 5.91 Å². The van der Waals surface area contributed by atoms with Gasteiger partial charge in [-0.1, -0.05) is 36.5 Å². The molecule has 34 heavy (non-hydrogen) atoms. The molecule has 0 bridgehead atoms. The molecular weight excluding hydrogens is 475 g/mol. The Labute approximate surface area is 213 Å². The van der Waals surface area contributed by atoms with Gasteiger partial charge in [0, 0.05) is 57.5 Å². The van der Waals surface area contributed by atoms with Gasteiger partial charge in [0.1, 0.15) is 11.6 Å². The Morgan fingerprint density at radius 1 is 1.06 bits per heavy atom. The molecule has 7 nitrogen and oxygen atoms in total. The Kier molecular flexibility index (Phi) is 8.98. The van der Waals surface area contributed by atoms with Crippen LogP contribution < -0.4 is 4.90 Å². The van der Waals surface area contributed by atoms with Gasteiger partial charge >= 0.3 is 6.09 Å². The van der Waals surface area contributed by atoms with Gasteiger partial charge in [-0.05, 0) is 52.3 Å². The quantitative estimate of drug-likeness (QED) is 0.569. The summed E-state index contributed by atoms with van der Waals surface area (Å²) in [6.45, 7) is 14.2. The first-order valence-corrected chi connectivity index (χ1v) is 13.0.